The second kappa shape index (κ2) is 6.61. The lowest BCUT2D eigenvalue weighted by atomic mass is 9.81. The van der Waals surface area contributed by atoms with Crippen molar-refractivity contribution in [2.45, 2.75) is 52.6 Å². The number of carbonyl (C=O) groups excluding carboxylic acids is 1. The summed E-state index contributed by atoms with van der Waals surface area (Å²) >= 11 is 0. The van der Waals surface area contributed by atoms with Gasteiger partial charge in [0.25, 0.3) is 0 Å². The first kappa shape index (κ1) is 16.0. The summed E-state index contributed by atoms with van der Waals surface area (Å²) in [4.78, 5) is 12.6. The Labute approximate surface area is 128 Å². The molecule has 1 saturated heterocycles. The van der Waals surface area contributed by atoms with Gasteiger partial charge in [-0.25, -0.2) is 0 Å². The first-order valence-electron chi connectivity index (χ1n) is 7.96. The second-order valence-electron chi connectivity index (χ2n) is 7.29. The van der Waals surface area contributed by atoms with Crippen molar-refractivity contribution in [3.05, 3.63) is 35.9 Å². The summed E-state index contributed by atoms with van der Waals surface area (Å²) in [5, 5.41) is 6.70. The van der Waals surface area contributed by atoms with Gasteiger partial charge in [-0.15, -0.1) is 0 Å². The van der Waals surface area contributed by atoms with Crippen molar-refractivity contribution in [3.63, 3.8) is 0 Å². The Morgan fingerprint density at radius 3 is 2.52 bits per heavy atom. The topological polar surface area (TPSA) is 41.1 Å². The first-order chi connectivity index (χ1) is 9.88. The number of benzene rings is 1. The van der Waals surface area contributed by atoms with Crippen LogP contribution in [0.25, 0.3) is 0 Å². The van der Waals surface area contributed by atoms with E-state index in [-0.39, 0.29) is 23.3 Å². The Hall–Kier alpha value is -1.35. The number of hydrogen-bond acceptors (Lipinski definition) is 2. The molecule has 0 aliphatic carbocycles. The van der Waals surface area contributed by atoms with E-state index in [0.717, 1.165) is 19.4 Å². The van der Waals surface area contributed by atoms with Gasteiger partial charge in [0.1, 0.15) is 0 Å². The van der Waals surface area contributed by atoms with Gasteiger partial charge in [0, 0.05) is 12.0 Å². The van der Waals surface area contributed by atoms with Crippen LogP contribution >= 0.6 is 0 Å². The highest BCUT2D eigenvalue weighted by molar-refractivity contribution is 5.79. The molecule has 1 fully saturated rings. The molecule has 0 bridgehead atoms. The minimum atomic E-state index is -0.00442. The van der Waals surface area contributed by atoms with Crippen LogP contribution in [0.4, 0.5) is 0 Å². The van der Waals surface area contributed by atoms with Gasteiger partial charge >= 0.3 is 0 Å². The highest BCUT2D eigenvalue weighted by Gasteiger charge is 2.31. The van der Waals surface area contributed by atoms with Gasteiger partial charge in [-0.1, -0.05) is 51.1 Å². The quantitative estimate of drug-likeness (QED) is 0.896. The molecule has 1 aromatic rings. The summed E-state index contributed by atoms with van der Waals surface area (Å²) in [5.41, 5.74) is 1.18. The Morgan fingerprint density at radius 1 is 1.29 bits per heavy atom. The fourth-order valence-electron chi connectivity index (χ4n) is 3.08. The number of piperidine rings is 1. The van der Waals surface area contributed by atoms with Crippen molar-refractivity contribution in [1.29, 1.82) is 0 Å². The molecule has 116 valence electrons. The van der Waals surface area contributed by atoms with E-state index >= 15 is 0 Å². The number of nitrogens with one attached hydrogen (secondary N) is 2. The molecule has 3 heteroatoms. The lowest BCUT2D eigenvalue weighted by Crippen LogP contribution is -2.45. The van der Waals surface area contributed by atoms with Crippen LogP contribution in [-0.4, -0.2) is 18.5 Å². The van der Waals surface area contributed by atoms with Gasteiger partial charge in [0.15, 0.2) is 0 Å². The summed E-state index contributed by atoms with van der Waals surface area (Å²) in [6, 6.07) is 10.8. The molecule has 3 unspecified atom stereocenters. The van der Waals surface area contributed by atoms with E-state index in [4.69, 9.17) is 0 Å². The van der Waals surface area contributed by atoms with Crippen molar-refractivity contribution in [3.8, 4) is 0 Å². The lowest BCUT2D eigenvalue weighted by molar-refractivity contribution is -0.127. The molecule has 1 aliphatic heterocycles. The van der Waals surface area contributed by atoms with Crippen LogP contribution in [0.5, 0.6) is 0 Å². The number of carbonyl (C=O) groups is 1. The average Bonchev–Trinajstić information content (AvgIpc) is 2.44. The largest absolute Gasteiger partial charge is 0.349 e. The third-order valence-electron chi connectivity index (χ3n) is 4.28. The van der Waals surface area contributed by atoms with Gasteiger partial charge in [0.2, 0.25) is 5.91 Å². The Balaban J connectivity index is 2.10. The second-order valence-corrected chi connectivity index (χ2v) is 7.29. The molecule has 0 spiro atoms. The Kier molecular flexibility index (Phi) is 5.04. The normalized spacial score (nSPS) is 24.4. The fraction of sp³-hybridized carbons (Fsp3) is 0.611. The summed E-state index contributed by atoms with van der Waals surface area (Å²) in [6.07, 6.45) is 1.86. The number of hydrogen-bond donors (Lipinski definition) is 2. The molecule has 2 rings (SSSR count). The molecule has 3 nitrogen and oxygen atoms in total. The highest BCUT2D eigenvalue weighted by Crippen LogP contribution is 2.33. The molecular weight excluding hydrogens is 260 g/mol. The van der Waals surface area contributed by atoms with Crippen molar-refractivity contribution in [1.82, 2.24) is 10.6 Å². The van der Waals surface area contributed by atoms with Crippen LogP contribution in [0.3, 0.4) is 0 Å². The molecule has 1 amide bonds. The van der Waals surface area contributed by atoms with Crippen LogP contribution in [0.15, 0.2) is 30.3 Å². The minimum absolute atomic E-state index is 0.00442. The average molecular weight is 288 g/mol. The standard InChI is InChI=1S/C18H28N2O/c1-13-12-15(10-11-19-13)17(21)20-16(18(2,3)4)14-8-6-5-7-9-14/h5-9,13,15-16,19H,10-12H2,1-4H3,(H,20,21). The molecule has 21 heavy (non-hydrogen) atoms. The van der Waals surface area contributed by atoms with Crippen LogP contribution in [0.1, 0.15) is 52.1 Å². The SMILES string of the molecule is CC1CC(C(=O)NC(c2ccccc2)C(C)(C)C)CCN1. The third-order valence-corrected chi connectivity index (χ3v) is 4.28. The predicted octanol–water partition coefficient (Wildman–Crippen LogP) is 3.28. The summed E-state index contributed by atoms with van der Waals surface area (Å²) < 4.78 is 0. The van der Waals surface area contributed by atoms with E-state index in [0.29, 0.717) is 6.04 Å². The van der Waals surface area contributed by atoms with Gasteiger partial charge in [0.05, 0.1) is 6.04 Å². The van der Waals surface area contributed by atoms with Gasteiger partial charge < -0.3 is 10.6 Å². The molecule has 1 aromatic carbocycles. The van der Waals surface area contributed by atoms with Crippen molar-refractivity contribution >= 4 is 5.91 Å². The van der Waals surface area contributed by atoms with E-state index in [1.54, 1.807) is 0 Å². The lowest BCUT2D eigenvalue weighted by Gasteiger charge is -2.35. The minimum Gasteiger partial charge on any atom is -0.349 e. The molecule has 0 radical (unpaired) electrons. The molecule has 1 aliphatic rings. The van der Waals surface area contributed by atoms with Gasteiger partial charge in [-0.05, 0) is 37.3 Å². The zero-order valence-electron chi connectivity index (χ0n) is 13.6. The molecule has 3 atom stereocenters. The molecule has 0 saturated carbocycles. The molecule has 0 aromatic heterocycles. The van der Waals surface area contributed by atoms with E-state index in [1.165, 1.54) is 5.56 Å². The highest BCUT2D eigenvalue weighted by atomic mass is 16.2. The van der Waals surface area contributed by atoms with Crippen LogP contribution in [0.2, 0.25) is 0 Å². The Morgan fingerprint density at radius 2 is 1.95 bits per heavy atom. The summed E-state index contributed by atoms with van der Waals surface area (Å²) in [5.74, 6) is 0.335. The zero-order valence-corrected chi connectivity index (χ0v) is 13.6. The van der Waals surface area contributed by atoms with E-state index < -0.39 is 0 Å². The maximum absolute atomic E-state index is 12.6. The summed E-state index contributed by atoms with van der Waals surface area (Å²) in [6.45, 7) is 9.62. The van der Waals surface area contributed by atoms with E-state index in [9.17, 15) is 4.79 Å². The smallest absolute Gasteiger partial charge is 0.223 e. The van der Waals surface area contributed by atoms with Gasteiger partial charge in [-0.3, -0.25) is 4.79 Å². The fourth-order valence-corrected chi connectivity index (χ4v) is 3.08. The maximum Gasteiger partial charge on any atom is 0.223 e. The molecule has 1 heterocycles. The number of amides is 1. The van der Waals surface area contributed by atoms with Crippen molar-refractivity contribution in [2.24, 2.45) is 11.3 Å². The summed E-state index contributed by atoms with van der Waals surface area (Å²) in [7, 11) is 0. The Bertz CT molecular complexity index is 464. The third kappa shape index (κ3) is 4.31. The monoisotopic (exact) mass is 288 g/mol. The van der Waals surface area contributed by atoms with Crippen LogP contribution in [0, 0.1) is 11.3 Å². The van der Waals surface area contributed by atoms with Crippen molar-refractivity contribution < 1.29 is 4.79 Å². The van der Waals surface area contributed by atoms with Crippen molar-refractivity contribution in [2.75, 3.05) is 6.54 Å². The van der Waals surface area contributed by atoms with E-state index in [2.05, 4.69) is 50.5 Å². The van der Waals surface area contributed by atoms with E-state index in [1.807, 2.05) is 18.2 Å². The van der Waals surface area contributed by atoms with Crippen LogP contribution < -0.4 is 10.6 Å². The molecular formula is C18H28N2O. The predicted molar refractivity (Wildman–Crippen MR) is 87.0 cm³/mol. The first-order valence-corrected chi connectivity index (χ1v) is 7.96. The maximum atomic E-state index is 12.6. The number of rotatable bonds is 3. The molecule has 2 N–H and O–H groups in total. The zero-order chi connectivity index (χ0) is 15.5. The van der Waals surface area contributed by atoms with Gasteiger partial charge in [-0.2, -0.15) is 0 Å². The van der Waals surface area contributed by atoms with Crippen LogP contribution in [-0.2, 0) is 4.79 Å².